The first-order chi connectivity index (χ1) is 8.97. The molecular weight excluding hydrogens is 256 g/mol. The molecule has 0 atom stereocenters. The fourth-order valence-electron chi connectivity index (χ4n) is 1.39. The number of aromatic nitrogens is 2. The highest BCUT2D eigenvalue weighted by Crippen LogP contribution is 2.13. The highest BCUT2D eigenvalue weighted by molar-refractivity contribution is 6.02. The molecule has 0 aliphatic heterocycles. The molecule has 0 spiro atoms. The zero-order valence-corrected chi connectivity index (χ0v) is 9.85. The van der Waals surface area contributed by atoms with E-state index in [1.54, 1.807) is 0 Å². The number of halogens is 2. The Labute approximate surface area is 106 Å². The van der Waals surface area contributed by atoms with E-state index in [4.69, 9.17) is 0 Å². The maximum Gasteiger partial charge on any atom is 0.276 e. The minimum Gasteiger partial charge on any atom is -0.320 e. The van der Waals surface area contributed by atoms with Gasteiger partial charge in [0.1, 0.15) is 5.69 Å². The molecule has 1 amide bonds. The first-order valence-electron chi connectivity index (χ1n) is 5.28. The molecule has 0 saturated carbocycles. The molecule has 0 fully saturated rings. The third-order valence-electron chi connectivity index (χ3n) is 2.37. The van der Waals surface area contributed by atoms with Gasteiger partial charge in [-0.15, -0.1) is 0 Å². The molecule has 2 rings (SSSR count). The largest absolute Gasteiger partial charge is 0.320 e. The maximum absolute atomic E-state index is 13.0. The number of hydrogen-bond acceptors (Lipinski definition) is 3. The number of carbonyl (C=O) groups is 1. The Morgan fingerprint density at radius 1 is 1.21 bits per heavy atom. The SMILES string of the molecule is Cn1nc(C(=O)Nc2ccc(F)c(F)c2)ccc1=O. The van der Waals surface area contributed by atoms with Crippen LogP contribution in [0.25, 0.3) is 0 Å². The number of carbonyl (C=O) groups excluding carboxylic acids is 1. The lowest BCUT2D eigenvalue weighted by Crippen LogP contribution is -2.23. The number of nitrogens with zero attached hydrogens (tertiary/aromatic N) is 2. The second-order valence-electron chi connectivity index (χ2n) is 3.76. The van der Waals surface area contributed by atoms with E-state index in [1.165, 1.54) is 25.2 Å². The third-order valence-corrected chi connectivity index (χ3v) is 2.37. The van der Waals surface area contributed by atoms with Crippen LogP contribution in [0.15, 0.2) is 35.1 Å². The molecule has 98 valence electrons. The van der Waals surface area contributed by atoms with Gasteiger partial charge in [0, 0.05) is 24.9 Å². The standard InChI is InChI=1S/C12H9F2N3O2/c1-17-11(18)5-4-10(16-17)12(19)15-7-2-3-8(13)9(14)6-7/h2-6H,1H3,(H,15,19). The number of hydrogen-bond donors (Lipinski definition) is 1. The zero-order chi connectivity index (χ0) is 14.0. The molecule has 1 aromatic carbocycles. The summed E-state index contributed by atoms with van der Waals surface area (Å²) in [5.74, 6) is -2.69. The van der Waals surface area contributed by atoms with Crippen LogP contribution in [0.4, 0.5) is 14.5 Å². The molecule has 0 aliphatic carbocycles. The minimum absolute atomic E-state index is 0.00756. The van der Waals surface area contributed by atoms with Crippen molar-refractivity contribution in [1.82, 2.24) is 9.78 Å². The summed E-state index contributed by atoms with van der Waals surface area (Å²) < 4.78 is 26.7. The van der Waals surface area contributed by atoms with Crippen LogP contribution in [0.5, 0.6) is 0 Å². The van der Waals surface area contributed by atoms with Crippen LogP contribution >= 0.6 is 0 Å². The fourth-order valence-corrected chi connectivity index (χ4v) is 1.39. The zero-order valence-electron chi connectivity index (χ0n) is 9.85. The normalized spacial score (nSPS) is 10.3. The summed E-state index contributed by atoms with van der Waals surface area (Å²) in [5, 5.41) is 6.08. The average molecular weight is 265 g/mol. The summed E-state index contributed by atoms with van der Waals surface area (Å²) in [6.07, 6.45) is 0. The molecule has 0 bridgehead atoms. The van der Waals surface area contributed by atoms with E-state index in [1.807, 2.05) is 0 Å². The average Bonchev–Trinajstić information content (AvgIpc) is 2.37. The number of nitrogens with one attached hydrogen (secondary N) is 1. The predicted molar refractivity (Wildman–Crippen MR) is 63.8 cm³/mol. The van der Waals surface area contributed by atoms with Crippen LogP contribution in [0.3, 0.4) is 0 Å². The fraction of sp³-hybridized carbons (Fsp3) is 0.0833. The highest BCUT2D eigenvalue weighted by atomic mass is 19.2. The Kier molecular flexibility index (Phi) is 3.37. The number of anilines is 1. The van der Waals surface area contributed by atoms with Gasteiger partial charge < -0.3 is 5.32 Å². The summed E-state index contributed by atoms with van der Waals surface area (Å²) in [6.45, 7) is 0. The van der Waals surface area contributed by atoms with Gasteiger partial charge >= 0.3 is 0 Å². The van der Waals surface area contributed by atoms with E-state index in [2.05, 4.69) is 10.4 Å². The van der Waals surface area contributed by atoms with Crippen molar-refractivity contribution in [2.75, 3.05) is 5.32 Å². The van der Waals surface area contributed by atoms with Gasteiger partial charge in [-0.3, -0.25) is 9.59 Å². The lowest BCUT2D eigenvalue weighted by atomic mass is 10.3. The number of benzene rings is 1. The molecule has 5 nitrogen and oxygen atoms in total. The molecule has 2 aromatic rings. The Morgan fingerprint density at radius 3 is 2.58 bits per heavy atom. The van der Waals surface area contributed by atoms with E-state index in [0.717, 1.165) is 16.8 Å². The lowest BCUT2D eigenvalue weighted by Gasteiger charge is -2.05. The summed E-state index contributed by atoms with van der Waals surface area (Å²) >= 11 is 0. The van der Waals surface area contributed by atoms with Gasteiger partial charge in [0.05, 0.1) is 0 Å². The third kappa shape index (κ3) is 2.82. The summed E-state index contributed by atoms with van der Waals surface area (Å²) in [6, 6.07) is 5.41. The molecule has 1 heterocycles. The van der Waals surface area contributed by atoms with E-state index in [-0.39, 0.29) is 16.9 Å². The van der Waals surface area contributed by atoms with Crippen molar-refractivity contribution >= 4 is 11.6 Å². The molecule has 0 unspecified atom stereocenters. The van der Waals surface area contributed by atoms with Gasteiger partial charge in [0.15, 0.2) is 11.6 Å². The van der Waals surface area contributed by atoms with Crippen molar-refractivity contribution in [3.63, 3.8) is 0 Å². The number of rotatable bonds is 2. The van der Waals surface area contributed by atoms with Crippen molar-refractivity contribution < 1.29 is 13.6 Å². The van der Waals surface area contributed by atoms with Crippen molar-refractivity contribution in [1.29, 1.82) is 0 Å². The minimum atomic E-state index is -1.06. The van der Waals surface area contributed by atoms with Crippen molar-refractivity contribution in [2.24, 2.45) is 7.05 Å². The predicted octanol–water partition coefficient (Wildman–Crippen LogP) is 1.31. The van der Waals surface area contributed by atoms with Gasteiger partial charge in [-0.25, -0.2) is 13.5 Å². The van der Waals surface area contributed by atoms with E-state index in [0.29, 0.717) is 0 Å². The van der Waals surface area contributed by atoms with Gasteiger partial charge in [-0.05, 0) is 18.2 Å². The molecule has 19 heavy (non-hydrogen) atoms. The van der Waals surface area contributed by atoms with Gasteiger partial charge in [0.2, 0.25) is 0 Å². The molecule has 7 heteroatoms. The Hall–Kier alpha value is -2.57. The smallest absolute Gasteiger partial charge is 0.276 e. The maximum atomic E-state index is 13.0. The van der Waals surface area contributed by atoms with Crippen LogP contribution in [-0.4, -0.2) is 15.7 Å². The summed E-state index contributed by atoms with van der Waals surface area (Å²) in [4.78, 5) is 22.9. The number of aryl methyl sites for hydroxylation is 1. The number of amides is 1. The Balaban J connectivity index is 2.22. The molecule has 0 radical (unpaired) electrons. The van der Waals surface area contributed by atoms with Gasteiger partial charge in [-0.1, -0.05) is 0 Å². The van der Waals surface area contributed by atoms with Gasteiger partial charge in [-0.2, -0.15) is 5.10 Å². The second kappa shape index (κ2) is 4.97. The summed E-state index contributed by atoms with van der Waals surface area (Å²) in [7, 11) is 1.40. The van der Waals surface area contributed by atoms with Crippen molar-refractivity contribution in [3.05, 3.63) is 58.0 Å². The quantitative estimate of drug-likeness (QED) is 0.890. The van der Waals surface area contributed by atoms with Crippen LogP contribution < -0.4 is 10.9 Å². The molecule has 1 aromatic heterocycles. The summed E-state index contributed by atoms with van der Waals surface area (Å²) in [5.41, 5.74) is -0.268. The van der Waals surface area contributed by atoms with Crippen LogP contribution in [0.1, 0.15) is 10.5 Å². The molecule has 0 saturated heterocycles. The van der Waals surface area contributed by atoms with Gasteiger partial charge in [0.25, 0.3) is 11.5 Å². The van der Waals surface area contributed by atoms with E-state index < -0.39 is 17.5 Å². The monoisotopic (exact) mass is 265 g/mol. The molecular formula is C12H9F2N3O2. The Bertz CT molecular complexity index is 698. The Morgan fingerprint density at radius 2 is 1.95 bits per heavy atom. The van der Waals surface area contributed by atoms with Crippen LogP contribution in [0, 0.1) is 11.6 Å². The van der Waals surface area contributed by atoms with Crippen LogP contribution in [0.2, 0.25) is 0 Å². The van der Waals surface area contributed by atoms with E-state index in [9.17, 15) is 18.4 Å². The first kappa shape index (κ1) is 12.9. The molecule has 0 aliphatic rings. The lowest BCUT2D eigenvalue weighted by molar-refractivity contribution is 0.102. The van der Waals surface area contributed by atoms with Crippen molar-refractivity contribution in [3.8, 4) is 0 Å². The highest BCUT2D eigenvalue weighted by Gasteiger charge is 2.10. The van der Waals surface area contributed by atoms with E-state index >= 15 is 0 Å². The topological polar surface area (TPSA) is 64.0 Å². The van der Waals surface area contributed by atoms with Crippen molar-refractivity contribution in [2.45, 2.75) is 0 Å². The van der Waals surface area contributed by atoms with Crippen LogP contribution in [-0.2, 0) is 7.05 Å². The second-order valence-corrected chi connectivity index (χ2v) is 3.76. The molecule has 1 N–H and O–H groups in total. The first-order valence-corrected chi connectivity index (χ1v) is 5.28.